The zero-order valence-electron chi connectivity index (χ0n) is 26.1. The van der Waals surface area contributed by atoms with Crippen LogP contribution < -0.4 is 19.8 Å². The molecule has 0 amide bonds. The number of furan rings is 1. The first-order valence-electron chi connectivity index (χ1n) is 13.9. The van der Waals surface area contributed by atoms with Crippen LogP contribution in [0.2, 0.25) is 0 Å². The number of aldehydes is 1. The minimum atomic E-state index is -1.38. The maximum absolute atomic E-state index is 12.6. The van der Waals surface area contributed by atoms with Crippen LogP contribution in [0.15, 0.2) is 50.0 Å². The molecule has 0 unspecified atom stereocenters. The lowest BCUT2D eigenvalue weighted by Crippen LogP contribution is -2.14. The van der Waals surface area contributed by atoms with Gasteiger partial charge in [0.05, 0.1) is 25.2 Å². The topological polar surface area (TPSA) is 183 Å². The third-order valence-corrected chi connectivity index (χ3v) is 7.30. The molecule has 0 atom stereocenters. The predicted molar refractivity (Wildman–Crippen MR) is 167 cm³/mol. The van der Waals surface area contributed by atoms with Crippen LogP contribution in [0.25, 0.3) is 21.9 Å². The van der Waals surface area contributed by atoms with Crippen molar-refractivity contribution in [2.75, 3.05) is 14.2 Å². The molecule has 0 saturated heterocycles. The number of hydrogen-bond donors (Lipinski definition) is 3. The molecule has 0 aliphatic carbocycles. The van der Waals surface area contributed by atoms with E-state index in [4.69, 9.17) is 23.0 Å². The fourth-order valence-corrected chi connectivity index (χ4v) is 4.96. The number of carboxylic acids is 1. The monoisotopic (exact) mass is 632 g/mol. The van der Waals surface area contributed by atoms with Crippen molar-refractivity contribution in [2.45, 2.75) is 40.5 Å². The van der Waals surface area contributed by atoms with Crippen LogP contribution in [0.4, 0.5) is 0 Å². The number of hydrogen-bond acceptors (Lipinski definition) is 11. The summed E-state index contributed by atoms with van der Waals surface area (Å²) in [4.78, 5) is 46.4. The Morgan fingerprint density at radius 3 is 2.11 bits per heavy atom. The van der Waals surface area contributed by atoms with Gasteiger partial charge in [0.2, 0.25) is 0 Å². The maximum Gasteiger partial charge on any atom is 0.347 e. The van der Waals surface area contributed by atoms with Gasteiger partial charge in [0, 0.05) is 29.0 Å². The summed E-state index contributed by atoms with van der Waals surface area (Å²) in [5, 5.41) is 31.2. The van der Waals surface area contributed by atoms with Crippen LogP contribution in [0.1, 0.15) is 73.3 Å². The van der Waals surface area contributed by atoms with Gasteiger partial charge in [0.15, 0.2) is 12.0 Å². The molecule has 0 spiro atoms. The highest BCUT2D eigenvalue weighted by Gasteiger charge is 2.26. The van der Waals surface area contributed by atoms with Gasteiger partial charge in [-0.3, -0.25) is 4.79 Å². The standard InChI is InChI=1S/C19H18O8.C15H14O4/c1-8-5-13(26-4)11(7-20)17(22)14(8)19(25)27-12-6-9(2)16(21)15(10(12)3)18(23)24;1-8(2)14-15(17-3)10-6-9-4-5-13(16)18-11(9)7-12(10)19-14/h5-7,21-22H,1-4H3,(H,23,24);4-8H,1-3H3. The molecule has 2 heterocycles. The molecule has 2 aromatic heterocycles. The smallest absolute Gasteiger partial charge is 0.347 e. The molecule has 0 radical (unpaired) electrons. The number of fused-ring (bicyclic) bond motifs is 2. The first-order valence-corrected chi connectivity index (χ1v) is 13.9. The highest BCUT2D eigenvalue weighted by Crippen LogP contribution is 2.39. The van der Waals surface area contributed by atoms with E-state index in [1.54, 1.807) is 19.2 Å². The Morgan fingerprint density at radius 1 is 0.848 bits per heavy atom. The number of carbonyl (C=O) groups excluding carboxylic acids is 2. The molecule has 12 heteroatoms. The summed E-state index contributed by atoms with van der Waals surface area (Å²) in [6, 6.07) is 9.51. The molecule has 3 N–H and O–H groups in total. The van der Waals surface area contributed by atoms with Gasteiger partial charge in [-0.25, -0.2) is 14.4 Å². The van der Waals surface area contributed by atoms with Gasteiger partial charge in [0.1, 0.15) is 51.1 Å². The van der Waals surface area contributed by atoms with Gasteiger partial charge < -0.3 is 38.4 Å². The van der Waals surface area contributed by atoms with Crippen molar-refractivity contribution in [1.82, 2.24) is 0 Å². The van der Waals surface area contributed by atoms with E-state index in [-0.39, 0.29) is 50.9 Å². The zero-order chi connectivity index (χ0) is 34.0. The number of benzene rings is 3. The fraction of sp³-hybridized carbons (Fsp3) is 0.235. The van der Waals surface area contributed by atoms with Crippen LogP contribution in [0.5, 0.6) is 28.7 Å². The molecule has 3 aromatic carbocycles. The van der Waals surface area contributed by atoms with E-state index in [9.17, 15) is 34.5 Å². The summed E-state index contributed by atoms with van der Waals surface area (Å²) in [5.74, 6) is -1.61. The zero-order valence-corrected chi connectivity index (χ0v) is 26.1. The van der Waals surface area contributed by atoms with Gasteiger partial charge in [-0.15, -0.1) is 0 Å². The second-order valence-electron chi connectivity index (χ2n) is 10.7. The van der Waals surface area contributed by atoms with Crippen molar-refractivity contribution >= 4 is 40.2 Å². The lowest BCUT2D eigenvalue weighted by atomic mass is 10.0. The molecule has 240 valence electrons. The van der Waals surface area contributed by atoms with Crippen LogP contribution >= 0.6 is 0 Å². The Morgan fingerprint density at radius 2 is 1.52 bits per heavy atom. The Balaban J connectivity index is 0.000000221. The van der Waals surface area contributed by atoms with Crippen molar-refractivity contribution in [2.24, 2.45) is 0 Å². The van der Waals surface area contributed by atoms with Crippen LogP contribution in [0, 0.1) is 20.8 Å². The Kier molecular flexibility index (Phi) is 9.41. The number of esters is 1. The van der Waals surface area contributed by atoms with E-state index >= 15 is 0 Å². The number of ether oxygens (including phenoxy) is 3. The van der Waals surface area contributed by atoms with Crippen molar-refractivity contribution in [3.05, 3.63) is 86.0 Å². The maximum atomic E-state index is 12.6. The van der Waals surface area contributed by atoms with E-state index in [0.717, 1.165) is 22.3 Å². The predicted octanol–water partition coefficient (Wildman–Crippen LogP) is 6.43. The molecule has 5 rings (SSSR count). The Hall–Kier alpha value is -5.78. The lowest BCUT2D eigenvalue weighted by molar-refractivity contribution is 0.0681. The number of rotatable bonds is 7. The third kappa shape index (κ3) is 6.09. The molecule has 12 nitrogen and oxygen atoms in total. The summed E-state index contributed by atoms with van der Waals surface area (Å²) in [5.41, 5.74) is 0.516. The Labute approximate surface area is 262 Å². The number of methoxy groups -OCH3 is 2. The minimum absolute atomic E-state index is 0.0419. The highest BCUT2D eigenvalue weighted by atomic mass is 16.5. The van der Waals surface area contributed by atoms with Gasteiger partial charge in [-0.05, 0) is 56.2 Å². The average molecular weight is 633 g/mol. The van der Waals surface area contributed by atoms with Gasteiger partial charge in [0.25, 0.3) is 0 Å². The third-order valence-electron chi connectivity index (χ3n) is 7.30. The normalized spacial score (nSPS) is 10.9. The second-order valence-corrected chi connectivity index (χ2v) is 10.7. The van der Waals surface area contributed by atoms with Gasteiger partial charge in [-0.1, -0.05) is 13.8 Å². The van der Waals surface area contributed by atoms with E-state index < -0.39 is 23.4 Å². The number of aryl methyl sites for hydroxylation is 2. The number of aromatic carboxylic acids is 1. The molecular formula is C34H32O12. The summed E-state index contributed by atoms with van der Waals surface area (Å²) in [6.07, 6.45) is 0.350. The van der Waals surface area contributed by atoms with Crippen LogP contribution in [-0.2, 0) is 0 Å². The largest absolute Gasteiger partial charge is 0.507 e. The number of phenolic OH excluding ortho intramolecular Hbond substituents is 1. The first kappa shape index (κ1) is 33.1. The van der Waals surface area contributed by atoms with E-state index in [1.807, 2.05) is 19.9 Å². The quantitative estimate of drug-likeness (QED) is 0.0774. The van der Waals surface area contributed by atoms with E-state index in [1.165, 1.54) is 46.1 Å². The number of carbonyl (C=O) groups is 3. The average Bonchev–Trinajstić information content (AvgIpc) is 3.36. The van der Waals surface area contributed by atoms with Crippen molar-refractivity contribution < 1.29 is 52.7 Å². The molecule has 5 aromatic rings. The first-order chi connectivity index (χ1) is 21.7. The molecule has 0 aliphatic rings. The molecule has 46 heavy (non-hydrogen) atoms. The van der Waals surface area contributed by atoms with Crippen LogP contribution in [-0.4, -0.2) is 47.8 Å². The number of carboxylic acid groups (broad SMARTS) is 1. The van der Waals surface area contributed by atoms with Crippen molar-refractivity contribution in [3.63, 3.8) is 0 Å². The molecule has 0 fully saturated rings. The Bertz CT molecular complexity index is 2060. The van der Waals surface area contributed by atoms with Crippen molar-refractivity contribution in [1.29, 1.82) is 0 Å². The summed E-state index contributed by atoms with van der Waals surface area (Å²) >= 11 is 0. The summed E-state index contributed by atoms with van der Waals surface area (Å²) in [6.45, 7) is 8.44. The highest BCUT2D eigenvalue weighted by molar-refractivity contribution is 6.01. The molecule has 0 saturated carbocycles. The van der Waals surface area contributed by atoms with Crippen LogP contribution in [0.3, 0.4) is 0 Å². The molecular weight excluding hydrogens is 600 g/mol. The summed E-state index contributed by atoms with van der Waals surface area (Å²) < 4.78 is 26.7. The second kappa shape index (κ2) is 13.1. The number of aromatic hydroxyl groups is 2. The van der Waals surface area contributed by atoms with Gasteiger partial charge >= 0.3 is 17.6 Å². The lowest BCUT2D eigenvalue weighted by Gasteiger charge is -2.16. The van der Waals surface area contributed by atoms with Gasteiger partial charge in [-0.2, -0.15) is 0 Å². The molecule has 0 aliphatic heterocycles. The minimum Gasteiger partial charge on any atom is -0.507 e. The SMILES string of the molecule is COc1c(C(C)C)oc2cc3oc(=O)ccc3cc12.COc1cc(C)c(C(=O)Oc2cc(C)c(O)c(C(=O)O)c2C)c(O)c1C=O. The van der Waals surface area contributed by atoms with Crippen molar-refractivity contribution in [3.8, 4) is 28.7 Å². The van der Waals surface area contributed by atoms with E-state index in [2.05, 4.69) is 0 Å². The molecule has 0 bridgehead atoms. The fourth-order valence-electron chi connectivity index (χ4n) is 4.96. The van der Waals surface area contributed by atoms with E-state index in [0.29, 0.717) is 23.0 Å². The number of phenols is 2. The summed E-state index contributed by atoms with van der Waals surface area (Å²) in [7, 11) is 2.95.